The molecular formula is C19H24N4O3S2. The van der Waals surface area contributed by atoms with E-state index in [1.54, 1.807) is 11.8 Å². The van der Waals surface area contributed by atoms with Crippen molar-refractivity contribution < 1.29 is 14.3 Å². The summed E-state index contributed by atoms with van der Waals surface area (Å²) in [5, 5.41) is 12.2. The number of hydrogen-bond acceptors (Lipinski definition) is 8. The Balaban J connectivity index is 1.55. The topological polar surface area (TPSA) is 84.4 Å². The van der Waals surface area contributed by atoms with Crippen molar-refractivity contribution in [1.82, 2.24) is 15.1 Å². The quantitative estimate of drug-likeness (QED) is 0.541. The zero-order valence-corrected chi connectivity index (χ0v) is 17.6. The van der Waals surface area contributed by atoms with E-state index in [1.165, 1.54) is 23.1 Å². The van der Waals surface area contributed by atoms with Crippen LogP contribution < -0.4 is 5.32 Å². The van der Waals surface area contributed by atoms with E-state index in [2.05, 4.69) is 15.5 Å². The Morgan fingerprint density at radius 2 is 2.21 bits per heavy atom. The van der Waals surface area contributed by atoms with Crippen molar-refractivity contribution in [3.63, 3.8) is 0 Å². The third-order valence-electron chi connectivity index (χ3n) is 4.38. The van der Waals surface area contributed by atoms with E-state index in [0.717, 1.165) is 24.1 Å². The first-order valence-corrected chi connectivity index (χ1v) is 11.1. The molecule has 1 fully saturated rings. The first-order chi connectivity index (χ1) is 13.6. The molecular weight excluding hydrogens is 396 g/mol. The van der Waals surface area contributed by atoms with E-state index < -0.39 is 6.04 Å². The van der Waals surface area contributed by atoms with E-state index in [1.807, 2.05) is 31.2 Å². The maximum Gasteiger partial charge on any atom is 0.328 e. The summed E-state index contributed by atoms with van der Waals surface area (Å²) in [4.78, 5) is 26.5. The van der Waals surface area contributed by atoms with Crippen LogP contribution >= 0.6 is 23.1 Å². The van der Waals surface area contributed by atoms with Crippen LogP contribution in [0.2, 0.25) is 0 Å². The molecule has 1 aliphatic heterocycles. The van der Waals surface area contributed by atoms with Crippen LogP contribution in [0.25, 0.3) is 0 Å². The van der Waals surface area contributed by atoms with E-state index >= 15 is 0 Å². The zero-order chi connectivity index (χ0) is 19.9. The van der Waals surface area contributed by atoms with Crippen LogP contribution in [-0.2, 0) is 14.3 Å². The molecule has 0 radical (unpaired) electrons. The summed E-state index contributed by atoms with van der Waals surface area (Å²) in [5.41, 5.74) is 2.11. The third kappa shape index (κ3) is 5.45. The number of nitrogens with zero attached hydrogens (tertiary/aromatic N) is 3. The van der Waals surface area contributed by atoms with Gasteiger partial charge in [-0.15, -0.1) is 10.2 Å². The summed E-state index contributed by atoms with van der Waals surface area (Å²) >= 11 is 2.75. The molecule has 3 rings (SSSR count). The van der Waals surface area contributed by atoms with E-state index in [9.17, 15) is 9.59 Å². The standard InChI is InChI=1S/C19H24N4O3S2/c1-3-26-17(25)15-9-4-5-10-23(15)16(24)12-27-19-22-21-18(28-19)20-14-8-6-7-13(2)11-14/h6-8,11,15H,3-5,9-10,12H2,1-2H3,(H,20,21)/t15-/m1/s1. The van der Waals surface area contributed by atoms with Crippen molar-refractivity contribution in [1.29, 1.82) is 0 Å². The smallest absolute Gasteiger partial charge is 0.328 e. The number of hydrogen-bond donors (Lipinski definition) is 1. The number of benzene rings is 1. The van der Waals surface area contributed by atoms with E-state index in [-0.39, 0.29) is 17.6 Å². The van der Waals surface area contributed by atoms with Crippen LogP contribution in [0.1, 0.15) is 31.7 Å². The molecule has 0 bridgehead atoms. The Labute approximate surface area is 172 Å². The molecule has 28 heavy (non-hydrogen) atoms. The number of aromatic nitrogens is 2. The molecule has 2 heterocycles. The molecule has 0 unspecified atom stereocenters. The lowest BCUT2D eigenvalue weighted by Gasteiger charge is -2.33. The second-order valence-corrected chi connectivity index (χ2v) is 8.71. The van der Waals surface area contributed by atoms with Gasteiger partial charge in [0, 0.05) is 12.2 Å². The van der Waals surface area contributed by atoms with Crippen molar-refractivity contribution in [2.75, 3.05) is 24.2 Å². The Kier molecular flexibility index (Phi) is 7.27. The molecule has 0 aliphatic carbocycles. The number of esters is 1. The molecule has 2 aromatic rings. The number of likely N-dealkylation sites (tertiary alicyclic amines) is 1. The van der Waals surface area contributed by atoms with Gasteiger partial charge in [0.2, 0.25) is 11.0 Å². The van der Waals surface area contributed by atoms with Gasteiger partial charge in [0.05, 0.1) is 12.4 Å². The van der Waals surface area contributed by atoms with Gasteiger partial charge in [0.15, 0.2) is 4.34 Å². The lowest BCUT2D eigenvalue weighted by atomic mass is 10.0. The van der Waals surface area contributed by atoms with Crippen LogP contribution in [0, 0.1) is 6.92 Å². The number of thioether (sulfide) groups is 1. The minimum Gasteiger partial charge on any atom is -0.464 e. The van der Waals surface area contributed by atoms with Crippen LogP contribution in [0.3, 0.4) is 0 Å². The van der Waals surface area contributed by atoms with Gasteiger partial charge in [0.25, 0.3) is 0 Å². The second kappa shape index (κ2) is 9.88. The predicted octanol–water partition coefficient (Wildman–Crippen LogP) is 3.63. The predicted molar refractivity (Wildman–Crippen MR) is 111 cm³/mol. The van der Waals surface area contributed by atoms with Gasteiger partial charge < -0.3 is 15.0 Å². The van der Waals surface area contributed by atoms with Crippen LogP contribution in [0.5, 0.6) is 0 Å². The average Bonchev–Trinajstić information content (AvgIpc) is 3.13. The van der Waals surface area contributed by atoms with Gasteiger partial charge in [-0.1, -0.05) is 35.2 Å². The summed E-state index contributed by atoms with van der Waals surface area (Å²) in [6, 6.07) is 7.54. The molecule has 0 spiro atoms. The number of ether oxygens (including phenoxy) is 1. The number of nitrogens with one attached hydrogen (secondary N) is 1. The number of amides is 1. The highest BCUT2D eigenvalue weighted by atomic mass is 32.2. The number of piperidine rings is 1. The van der Waals surface area contributed by atoms with Gasteiger partial charge in [-0.3, -0.25) is 4.79 Å². The first-order valence-electron chi connectivity index (χ1n) is 9.33. The Hall–Kier alpha value is -2.13. The molecule has 1 N–H and O–H groups in total. The Bertz CT molecular complexity index is 827. The lowest BCUT2D eigenvalue weighted by Crippen LogP contribution is -2.49. The van der Waals surface area contributed by atoms with Gasteiger partial charge in [-0.2, -0.15) is 0 Å². The van der Waals surface area contributed by atoms with Gasteiger partial charge in [-0.25, -0.2) is 4.79 Å². The fourth-order valence-corrected chi connectivity index (χ4v) is 4.74. The molecule has 9 heteroatoms. The lowest BCUT2D eigenvalue weighted by molar-refractivity contribution is -0.155. The molecule has 0 saturated carbocycles. The van der Waals surface area contributed by atoms with Crippen LogP contribution in [0.4, 0.5) is 10.8 Å². The highest BCUT2D eigenvalue weighted by molar-refractivity contribution is 8.01. The normalized spacial score (nSPS) is 16.6. The molecule has 1 atom stereocenters. The fraction of sp³-hybridized carbons (Fsp3) is 0.474. The number of carbonyl (C=O) groups is 2. The highest BCUT2D eigenvalue weighted by Crippen LogP contribution is 2.29. The molecule has 150 valence electrons. The van der Waals surface area contributed by atoms with Crippen LogP contribution in [-0.4, -0.2) is 51.9 Å². The fourth-order valence-electron chi connectivity index (χ4n) is 3.08. The van der Waals surface area contributed by atoms with Crippen molar-refractivity contribution in [2.24, 2.45) is 0 Å². The maximum absolute atomic E-state index is 12.7. The molecule has 1 aromatic heterocycles. The zero-order valence-electron chi connectivity index (χ0n) is 16.0. The minimum atomic E-state index is -0.463. The van der Waals surface area contributed by atoms with Gasteiger partial charge >= 0.3 is 5.97 Å². The summed E-state index contributed by atoms with van der Waals surface area (Å²) in [7, 11) is 0. The Morgan fingerprint density at radius 3 is 3.00 bits per heavy atom. The molecule has 1 amide bonds. The summed E-state index contributed by atoms with van der Waals surface area (Å²) in [6.07, 6.45) is 2.51. The summed E-state index contributed by atoms with van der Waals surface area (Å²) < 4.78 is 5.84. The van der Waals surface area contributed by atoms with Gasteiger partial charge in [0.1, 0.15) is 6.04 Å². The van der Waals surface area contributed by atoms with Crippen molar-refractivity contribution in [3.05, 3.63) is 29.8 Å². The Morgan fingerprint density at radius 1 is 1.36 bits per heavy atom. The molecule has 1 saturated heterocycles. The SMILES string of the molecule is CCOC(=O)[C@H]1CCCCN1C(=O)CSc1nnc(Nc2cccc(C)c2)s1. The van der Waals surface area contributed by atoms with Crippen molar-refractivity contribution >= 4 is 45.8 Å². The first kappa shape index (κ1) is 20.6. The minimum absolute atomic E-state index is 0.0638. The monoisotopic (exact) mass is 420 g/mol. The summed E-state index contributed by atoms with van der Waals surface area (Å²) in [5.74, 6) is -0.137. The number of rotatable bonds is 7. The van der Waals surface area contributed by atoms with Gasteiger partial charge in [-0.05, 0) is 50.8 Å². The van der Waals surface area contributed by atoms with Crippen molar-refractivity contribution in [2.45, 2.75) is 43.5 Å². The number of anilines is 2. The third-order valence-corrected chi connectivity index (χ3v) is 6.33. The second-order valence-electron chi connectivity index (χ2n) is 6.51. The van der Waals surface area contributed by atoms with Crippen molar-refractivity contribution in [3.8, 4) is 0 Å². The van der Waals surface area contributed by atoms with Crippen LogP contribution in [0.15, 0.2) is 28.6 Å². The summed E-state index contributed by atoms with van der Waals surface area (Å²) in [6.45, 7) is 4.73. The van der Waals surface area contributed by atoms with E-state index in [4.69, 9.17) is 4.74 Å². The van der Waals surface area contributed by atoms with E-state index in [0.29, 0.717) is 29.0 Å². The largest absolute Gasteiger partial charge is 0.464 e. The number of carbonyl (C=O) groups excluding carboxylic acids is 2. The molecule has 7 nitrogen and oxygen atoms in total. The highest BCUT2D eigenvalue weighted by Gasteiger charge is 2.33. The molecule has 1 aliphatic rings. The number of aryl methyl sites for hydroxylation is 1. The average molecular weight is 421 g/mol. The maximum atomic E-state index is 12.7. The molecule has 1 aromatic carbocycles.